The summed E-state index contributed by atoms with van der Waals surface area (Å²) in [5, 5.41) is 3.30. The minimum absolute atomic E-state index is 0.282. The number of aryl methyl sites for hydroxylation is 1. The molecule has 1 aliphatic rings. The van der Waals surface area contributed by atoms with Crippen LogP contribution in [0.3, 0.4) is 0 Å². The lowest BCUT2D eigenvalue weighted by atomic mass is 10.0. The quantitative estimate of drug-likeness (QED) is 0.758. The Kier molecular flexibility index (Phi) is 5.11. The van der Waals surface area contributed by atoms with Gasteiger partial charge in [0, 0.05) is 31.0 Å². The summed E-state index contributed by atoms with van der Waals surface area (Å²) < 4.78 is 29.9. The van der Waals surface area contributed by atoms with Gasteiger partial charge in [-0.2, -0.15) is 0 Å². The Morgan fingerprint density at radius 2 is 2.00 bits per heavy atom. The topological polar surface area (TPSA) is 63.1 Å². The lowest BCUT2D eigenvalue weighted by Crippen LogP contribution is -2.43. The average molecular weight is 313 g/mol. The second-order valence-electron chi connectivity index (χ2n) is 6.33. The highest BCUT2D eigenvalue weighted by Crippen LogP contribution is 2.30. The third-order valence-electron chi connectivity index (χ3n) is 4.21. The first-order valence-corrected chi connectivity index (χ1v) is 9.24. The van der Waals surface area contributed by atoms with Crippen LogP contribution in [0.15, 0.2) is 17.2 Å². The number of hydrogen-bond donors (Lipinski definition) is 2. The molecule has 21 heavy (non-hydrogen) atoms. The molecule has 0 bridgehead atoms. The molecule has 1 aromatic heterocycles. The first-order chi connectivity index (χ1) is 9.86. The van der Waals surface area contributed by atoms with E-state index in [0.717, 1.165) is 44.3 Å². The van der Waals surface area contributed by atoms with Crippen LogP contribution < -0.4 is 10.0 Å². The fraction of sp³-hybridized carbons (Fsp3) is 0.733. The van der Waals surface area contributed by atoms with Crippen LogP contribution in [0.4, 0.5) is 0 Å². The molecule has 0 spiro atoms. The van der Waals surface area contributed by atoms with Crippen LogP contribution in [0, 0.1) is 0 Å². The minimum Gasteiger partial charge on any atom is -0.352 e. The Labute approximate surface area is 128 Å². The van der Waals surface area contributed by atoms with Crippen molar-refractivity contribution in [1.82, 2.24) is 14.6 Å². The molecule has 6 heteroatoms. The van der Waals surface area contributed by atoms with Gasteiger partial charge in [-0.3, -0.25) is 0 Å². The number of aromatic nitrogens is 1. The van der Waals surface area contributed by atoms with Gasteiger partial charge in [0.2, 0.25) is 10.0 Å². The summed E-state index contributed by atoms with van der Waals surface area (Å²) in [7, 11) is -1.54. The summed E-state index contributed by atoms with van der Waals surface area (Å²) in [6.07, 6.45) is 6.80. The van der Waals surface area contributed by atoms with E-state index in [2.05, 4.69) is 17.0 Å². The Balaban J connectivity index is 2.11. The minimum atomic E-state index is -3.43. The summed E-state index contributed by atoms with van der Waals surface area (Å²) in [5.41, 5.74) is 0.704. The third-order valence-corrected chi connectivity index (χ3v) is 5.82. The summed E-state index contributed by atoms with van der Waals surface area (Å²) >= 11 is 0. The van der Waals surface area contributed by atoms with E-state index in [-0.39, 0.29) is 5.54 Å². The van der Waals surface area contributed by atoms with Crippen molar-refractivity contribution >= 4 is 10.0 Å². The maximum atomic E-state index is 12.5. The highest BCUT2D eigenvalue weighted by Gasteiger charge is 2.34. The second kappa shape index (κ2) is 6.50. The predicted octanol–water partition coefficient (Wildman–Crippen LogP) is 2.14. The molecular weight excluding hydrogens is 286 g/mol. The van der Waals surface area contributed by atoms with Gasteiger partial charge in [0.05, 0.1) is 4.90 Å². The fourth-order valence-electron chi connectivity index (χ4n) is 2.93. The lowest BCUT2D eigenvalue weighted by molar-refractivity contribution is 0.427. The van der Waals surface area contributed by atoms with Crippen LogP contribution in [-0.4, -0.2) is 25.1 Å². The maximum absolute atomic E-state index is 12.5. The van der Waals surface area contributed by atoms with Crippen molar-refractivity contribution in [3.05, 3.63) is 18.0 Å². The van der Waals surface area contributed by atoms with Crippen LogP contribution in [0.1, 0.15) is 51.6 Å². The second-order valence-corrected chi connectivity index (χ2v) is 8.01. The molecule has 2 rings (SSSR count). The van der Waals surface area contributed by atoms with Crippen LogP contribution >= 0.6 is 0 Å². The molecular formula is C15H27N3O2S. The van der Waals surface area contributed by atoms with Gasteiger partial charge < -0.3 is 9.88 Å². The van der Waals surface area contributed by atoms with Crippen LogP contribution in [0.5, 0.6) is 0 Å². The molecule has 0 unspecified atom stereocenters. The molecule has 120 valence electrons. The first kappa shape index (κ1) is 16.5. The van der Waals surface area contributed by atoms with Crippen LogP contribution in [0.25, 0.3) is 0 Å². The number of hydrogen-bond acceptors (Lipinski definition) is 3. The van der Waals surface area contributed by atoms with E-state index in [1.165, 1.54) is 0 Å². The van der Waals surface area contributed by atoms with E-state index >= 15 is 0 Å². The van der Waals surface area contributed by atoms with E-state index in [1.54, 1.807) is 12.3 Å². The van der Waals surface area contributed by atoms with Crippen molar-refractivity contribution in [3.63, 3.8) is 0 Å². The van der Waals surface area contributed by atoms with E-state index in [4.69, 9.17) is 0 Å². The van der Waals surface area contributed by atoms with Gasteiger partial charge in [-0.25, -0.2) is 13.1 Å². The zero-order valence-electron chi connectivity index (χ0n) is 13.3. The Hall–Kier alpha value is -0.850. The van der Waals surface area contributed by atoms with Crippen molar-refractivity contribution < 1.29 is 8.42 Å². The molecule has 2 N–H and O–H groups in total. The monoisotopic (exact) mass is 313 g/mol. The number of sulfonamides is 1. The Morgan fingerprint density at radius 3 is 2.62 bits per heavy atom. The van der Waals surface area contributed by atoms with Crippen molar-refractivity contribution in [2.75, 3.05) is 6.54 Å². The van der Waals surface area contributed by atoms with Gasteiger partial charge in [-0.1, -0.05) is 19.8 Å². The van der Waals surface area contributed by atoms with Gasteiger partial charge in [0.1, 0.15) is 0 Å². The largest absolute Gasteiger partial charge is 0.352 e. The van der Waals surface area contributed by atoms with E-state index < -0.39 is 10.0 Å². The van der Waals surface area contributed by atoms with Crippen molar-refractivity contribution in [3.8, 4) is 0 Å². The van der Waals surface area contributed by atoms with Gasteiger partial charge in [-0.05, 0) is 38.8 Å². The standard InChI is InChI=1S/C15H27N3O2S/c1-4-9-16-11-13-10-14(12-18(13)3)21(19,20)17-15(2)7-5-6-8-15/h10,12,16-17H,4-9,11H2,1-3H3. The smallest absolute Gasteiger partial charge is 0.242 e. The molecule has 0 aromatic carbocycles. The molecule has 1 aliphatic carbocycles. The van der Waals surface area contributed by atoms with E-state index in [9.17, 15) is 8.42 Å². The summed E-state index contributed by atoms with van der Waals surface area (Å²) in [5.74, 6) is 0. The summed E-state index contributed by atoms with van der Waals surface area (Å²) in [4.78, 5) is 0.367. The molecule has 0 amide bonds. The predicted molar refractivity (Wildman–Crippen MR) is 84.6 cm³/mol. The van der Waals surface area contributed by atoms with Gasteiger partial charge >= 0.3 is 0 Å². The van der Waals surface area contributed by atoms with E-state index in [0.29, 0.717) is 11.4 Å². The molecule has 0 atom stereocenters. The van der Waals surface area contributed by atoms with Gasteiger partial charge in [-0.15, -0.1) is 0 Å². The molecule has 1 heterocycles. The van der Waals surface area contributed by atoms with Gasteiger partial charge in [0.15, 0.2) is 0 Å². The lowest BCUT2D eigenvalue weighted by Gasteiger charge is -2.24. The molecule has 0 aliphatic heterocycles. The van der Waals surface area contributed by atoms with Gasteiger partial charge in [0.25, 0.3) is 0 Å². The number of nitrogens with zero attached hydrogens (tertiary/aromatic N) is 1. The molecule has 1 aromatic rings. The number of nitrogens with one attached hydrogen (secondary N) is 2. The zero-order valence-corrected chi connectivity index (χ0v) is 14.1. The SMILES string of the molecule is CCCNCc1cc(S(=O)(=O)NC2(C)CCCC2)cn1C. The maximum Gasteiger partial charge on any atom is 0.242 e. The molecule has 1 fully saturated rings. The Bertz CT molecular complexity index is 572. The first-order valence-electron chi connectivity index (χ1n) is 7.76. The summed E-state index contributed by atoms with van der Waals surface area (Å²) in [6.45, 7) is 5.74. The zero-order chi connectivity index (χ0) is 15.5. The third kappa shape index (κ3) is 4.08. The average Bonchev–Trinajstić information content (AvgIpc) is 2.97. The highest BCUT2D eigenvalue weighted by atomic mass is 32.2. The highest BCUT2D eigenvalue weighted by molar-refractivity contribution is 7.89. The van der Waals surface area contributed by atoms with Crippen LogP contribution in [0.2, 0.25) is 0 Å². The molecule has 0 saturated heterocycles. The fourth-order valence-corrected chi connectivity index (χ4v) is 4.49. The van der Waals surface area contributed by atoms with Crippen LogP contribution in [-0.2, 0) is 23.6 Å². The molecule has 1 saturated carbocycles. The van der Waals surface area contributed by atoms with Crippen molar-refractivity contribution in [2.45, 2.75) is 62.9 Å². The van der Waals surface area contributed by atoms with Crippen molar-refractivity contribution in [1.29, 1.82) is 0 Å². The van der Waals surface area contributed by atoms with E-state index in [1.807, 2.05) is 18.5 Å². The number of rotatable bonds is 7. The molecule has 0 radical (unpaired) electrons. The summed E-state index contributed by atoms with van der Waals surface area (Å²) in [6, 6.07) is 1.77. The van der Waals surface area contributed by atoms with Crippen molar-refractivity contribution in [2.24, 2.45) is 7.05 Å². The normalized spacial score (nSPS) is 18.2. The molecule has 5 nitrogen and oxygen atoms in total. The Morgan fingerprint density at radius 1 is 1.33 bits per heavy atom.